The molecule has 0 bridgehead atoms. The first-order chi connectivity index (χ1) is 8.30. The van der Waals surface area contributed by atoms with Gasteiger partial charge in [0.2, 0.25) is 0 Å². The lowest BCUT2D eigenvalue weighted by Crippen LogP contribution is -2.30. The second-order valence-electron chi connectivity index (χ2n) is 4.61. The summed E-state index contributed by atoms with van der Waals surface area (Å²) in [4.78, 5) is 0. The van der Waals surface area contributed by atoms with Crippen molar-refractivity contribution in [1.29, 1.82) is 0 Å². The number of fused-ring (bicyclic) bond motifs is 1. The molecule has 1 unspecified atom stereocenters. The third-order valence-electron chi connectivity index (χ3n) is 3.50. The molecule has 1 atom stereocenters. The summed E-state index contributed by atoms with van der Waals surface area (Å²) in [6, 6.07) is 4.87. The van der Waals surface area contributed by atoms with Crippen molar-refractivity contribution in [3.05, 3.63) is 28.8 Å². The highest BCUT2D eigenvalue weighted by Gasteiger charge is 2.20. The van der Waals surface area contributed by atoms with E-state index in [1.807, 2.05) is 0 Å². The highest BCUT2D eigenvalue weighted by molar-refractivity contribution is 5.45. The summed E-state index contributed by atoms with van der Waals surface area (Å²) >= 11 is 0. The normalized spacial score (nSPS) is 18.9. The van der Waals surface area contributed by atoms with E-state index >= 15 is 0 Å². The van der Waals surface area contributed by atoms with Crippen molar-refractivity contribution in [2.24, 2.45) is 5.73 Å². The van der Waals surface area contributed by atoms with Crippen LogP contribution in [0.15, 0.2) is 12.1 Å². The Hall–Kier alpha value is -1.06. The third-order valence-corrected chi connectivity index (χ3v) is 3.50. The zero-order valence-electron chi connectivity index (χ0n) is 10.8. The van der Waals surface area contributed by atoms with E-state index in [1.54, 1.807) is 7.11 Å². The Morgan fingerprint density at radius 3 is 2.94 bits per heavy atom. The minimum Gasteiger partial charge on any atom is -0.496 e. The van der Waals surface area contributed by atoms with Crippen LogP contribution in [0.5, 0.6) is 5.75 Å². The number of hydrogen-bond acceptors (Lipinski definition) is 3. The zero-order valence-corrected chi connectivity index (χ0v) is 10.8. The first-order valence-electron chi connectivity index (χ1n) is 6.43. The molecule has 3 heteroatoms. The van der Waals surface area contributed by atoms with E-state index in [4.69, 9.17) is 10.5 Å². The van der Waals surface area contributed by atoms with Crippen molar-refractivity contribution in [3.63, 3.8) is 0 Å². The van der Waals surface area contributed by atoms with Crippen molar-refractivity contribution < 1.29 is 4.74 Å². The summed E-state index contributed by atoms with van der Waals surface area (Å²) in [6.45, 7) is 3.83. The molecule has 0 aliphatic carbocycles. The molecule has 0 radical (unpaired) electrons. The molecule has 3 N–H and O–H groups in total. The lowest BCUT2D eigenvalue weighted by Gasteiger charge is -2.28. The van der Waals surface area contributed by atoms with Gasteiger partial charge >= 0.3 is 0 Å². The number of nitrogens with two attached hydrogens (primary N) is 1. The molecule has 3 nitrogen and oxygen atoms in total. The van der Waals surface area contributed by atoms with Crippen molar-refractivity contribution >= 4 is 0 Å². The number of methoxy groups -OCH3 is 1. The third kappa shape index (κ3) is 2.45. The zero-order chi connectivity index (χ0) is 12.3. The number of ether oxygens (including phenoxy) is 1. The first kappa shape index (κ1) is 12.4. The first-order valence-corrected chi connectivity index (χ1v) is 6.43. The van der Waals surface area contributed by atoms with Gasteiger partial charge in [-0.25, -0.2) is 0 Å². The predicted molar refractivity (Wildman–Crippen MR) is 70.2 cm³/mol. The van der Waals surface area contributed by atoms with Crippen molar-refractivity contribution in [1.82, 2.24) is 5.32 Å². The van der Waals surface area contributed by atoms with E-state index in [1.165, 1.54) is 24.0 Å². The SMILES string of the molecule is CCCC1NCCc2cc(CN)c(OC)cc21. The minimum absolute atomic E-state index is 0.476. The van der Waals surface area contributed by atoms with Crippen LogP contribution in [0.1, 0.15) is 42.5 Å². The molecule has 1 aromatic carbocycles. The average Bonchev–Trinajstić information content (AvgIpc) is 2.38. The fourth-order valence-electron chi connectivity index (χ4n) is 2.62. The smallest absolute Gasteiger partial charge is 0.123 e. The summed E-state index contributed by atoms with van der Waals surface area (Å²) < 4.78 is 5.42. The second kappa shape index (κ2) is 5.52. The maximum absolute atomic E-state index is 5.76. The van der Waals surface area contributed by atoms with Gasteiger partial charge in [-0.15, -0.1) is 0 Å². The lowest BCUT2D eigenvalue weighted by molar-refractivity contribution is 0.404. The van der Waals surface area contributed by atoms with Crippen LogP contribution in [0.2, 0.25) is 0 Å². The van der Waals surface area contributed by atoms with Gasteiger partial charge in [0, 0.05) is 18.2 Å². The second-order valence-corrected chi connectivity index (χ2v) is 4.61. The Morgan fingerprint density at radius 1 is 1.47 bits per heavy atom. The minimum atomic E-state index is 0.476. The molecule has 17 heavy (non-hydrogen) atoms. The summed E-state index contributed by atoms with van der Waals surface area (Å²) in [5, 5.41) is 3.58. The van der Waals surface area contributed by atoms with Crippen LogP contribution in [0, 0.1) is 0 Å². The molecule has 1 aliphatic rings. The van der Waals surface area contributed by atoms with Crippen LogP contribution in [0.3, 0.4) is 0 Å². The van der Waals surface area contributed by atoms with Gasteiger partial charge in [0.25, 0.3) is 0 Å². The van der Waals surface area contributed by atoms with Gasteiger partial charge in [-0.2, -0.15) is 0 Å². The van der Waals surface area contributed by atoms with E-state index in [0.29, 0.717) is 12.6 Å². The molecule has 0 saturated carbocycles. The molecular formula is C14H22N2O. The van der Waals surface area contributed by atoms with Crippen molar-refractivity contribution in [2.75, 3.05) is 13.7 Å². The summed E-state index contributed by atoms with van der Waals surface area (Å²) in [5.41, 5.74) is 9.70. The van der Waals surface area contributed by atoms with Gasteiger partial charge < -0.3 is 15.8 Å². The van der Waals surface area contributed by atoms with Crippen LogP contribution in [-0.4, -0.2) is 13.7 Å². The van der Waals surface area contributed by atoms with E-state index in [9.17, 15) is 0 Å². The topological polar surface area (TPSA) is 47.3 Å². The average molecular weight is 234 g/mol. The van der Waals surface area contributed by atoms with Crippen LogP contribution in [0.4, 0.5) is 0 Å². The molecule has 0 fully saturated rings. The van der Waals surface area contributed by atoms with E-state index in [2.05, 4.69) is 24.4 Å². The number of rotatable bonds is 4. The van der Waals surface area contributed by atoms with E-state index < -0.39 is 0 Å². The molecule has 1 aliphatic heterocycles. The number of nitrogens with one attached hydrogen (secondary N) is 1. The van der Waals surface area contributed by atoms with Gasteiger partial charge in [0.15, 0.2) is 0 Å². The maximum Gasteiger partial charge on any atom is 0.123 e. The molecule has 1 heterocycles. The standard InChI is InChI=1S/C14H22N2O/c1-3-4-13-12-8-14(17-2)11(9-15)7-10(12)5-6-16-13/h7-8,13,16H,3-6,9,15H2,1-2H3. The Labute approximate surface area is 103 Å². The largest absolute Gasteiger partial charge is 0.496 e. The maximum atomic E-state index is 5.76. The van der Waals surface area contributed by atoms with Gasteiger partial charge in [-0.05, 0) is 36.6 Å². The Balaban J connectivity index is 2.39. The summed E-state index contributed by atoms with van der Waals surface area (Å²) in [5.74, 6) is 0.927. The van der Waals surface area contributed by atoms with Gasteiger partial charge in [-0.3, -0.25) is 0 Å². The van der Waals surface area contributed by atoms with Gasteiger partial charge in [0.05, 0.1) is 7.11 Å². The van der Waals surface area contributed by atoms with Crippen LogP contribution < -0.4 is 15.8 Å². The van der Waals surface area contributed by atoms with E-state index in [0.717, 1.165) is 24.3 Å². The fraction of sp³-hybridized carbons (Fsp3) is 0.571. The Morgan fingerprint density at radius 2 is 2.29 bits per heavy atom. The monoisotopic (exact) mass is 234 g/mol. The summed E-state index contributed by atoms with van der Waals surface area (Å²) in [7, 11) is 1.71. The number of hydrogen-bond donors (Lipinski definition) is 2. The fourth-order valence-corrected chi connectivity index (χ4v) is 2.62. The Kier molecular flexibility index (Phi) is 4.02. The molecule has 2 rings (SSSR count). The summed E-state index contributed by atoms with van der Waals surface area (Å²) in [6.07, 6.45) is 3.46. The Bertz CT molecular complexity index is 390. The van der Waals surface area contributed by atoms with Crippen molar-refractivity contribution in [2.45, 2.75) is 38.8 Å². The lowest BCUT2D eigenvalue weighted by atomic mass is 9.90. The molecule has 94 valence electrons. The van der Waals surface area contributed by atoms with Gasteiger partial charge in [0.1, 0.15) is 5.75 Å². The molecule has 0 amide bonds. The predicted octanol–water partition coefficient (Wildman–Crippen LogP) is 2.14. The molecule has 0 saturated heterocycles. The van der Waals surface area contributed by atoms with Gasteiger partial charge in [-0.1, -0.05) is 19.4 Å². The van der Waals surface area contributed by atoms with Crippen LogP contribution >= 0.6 is 0 Å². The molecule has 0 spiro atoms. The van der Waals surface area contributed by atoms with Crippen LogP contribution in [-0.2, 0) is 13.0 Å². The molecule has 1 aromatic rings. The molecular weight excluding hydrogens is 212 g/mol. The quantitative estimate of drug-likeness (QED) is 0.839. The molecule has 0 aromatic heterocycles. The number of benzene rings is 1. The highest BCUT2D eigenvalue weighted by Crippen LogP contribution is 2.32. The highest BCUT2D eigenvalue weighted by atomic mass is 16.5. The van der Waals surface area contributed by atoms with Crippen LogP contribution in [0.25, 0.3) is 0 Å². The van der Waals surface area contributed by atoms with Crippen molar-refractivity contribution in [3.8, 4) is 5.75 Å². The van der Waals surface area contributed by atoms with E-state index in [-0.39, 0.29) is 0 Å².